The van der Waals surface area contributed by atoms with E-state index < -0.39 is 0 Å². The molecule has 0 aromatic heterocycles. The van der Waals surface area contributed by atoms with E-state index in [1.54, 1.807) is 31.1 Å². The summed E-state index contributed by atoms with van der Waals surface area (Å²) in [6.45, 7) is 3.25. The lowest BCUT2D eigenvalue weighted by atomic mass is 10.0. The van der Waals surface area contributed by atoms with Crippen LogP contribution in [0, 0.1) is 0 Å². The van der Waals surface area contributed by atoms with Crippen LogP contribution in [0.2, 0.25) is 0 Å². The van der Waals surface area contributed by atoms with E-state index in [4.69, 9.17) is 0 Å². The van der Waals surface area contributed by atoms with E-state index in [0.29, 0.717) is 0 Å². The van der Waals surface area contributed by atoms with Gasteiger partial charge in [-0.15, -0.1) is 0 Å². The highest BCUT2D eigenvalue weighted by Crippen LogP contribution is 2.26. The number of likely N-dealkylation sites (N-methyl/N-ethyl adjacent to an activating group) is 1. The van der Waals surface area contributed by atoms with Crippen molar-refractivity contribution >= 4 is 11.6 Å². The molecule has 3 rings (SSSR count). The first-order chi connectivity index (χ1) is 12.1. The van der Waals surface area contributed by atoms with Crippen molar-refractivity contribution in [2.45, 2.75) is 6.04 Å². The molecule has 1 unspecified atom stereocenters. The first-order valence-corrected chi connectivity index (χ1v) is 8.60. The number of hydrogen-bond acceptors (Lipinski definition) is 4. The maximum Gasteiger partial charge on any atom is 0.244 e. The highest BCUT2D eigenvalue weighted by Gasteiger charge is 2.31. The number of phenols is 1. The summed E-state index contributed by atoms with van der Waals surface area (Å²) >= 11 is 0. The SMILES string of the molecule is CN(C)C(=O)C(c1ccccc1)N1CCN(c2cccc(O)c2)CC1. The topological polar surface area (TPSA) is 47.0 Å². The molecule has 0 aliphatic carbocycles. The molecule has 1 aliphatic heterocycles. The van der Waals surface area contributed by atoms with Crippen molar-refractivity contribution in [2.75, 3.05) is 45.2 Å². The molecule has 1 amide bonds. The minimum atomic E-state index is -0.248. The van der Waals surface area contributed by atoms with E-state index in [1.165, 1.54) is 0 Å². The van der Waals surface area contributed by atoms with Crippen molar-refractivity contribution in [2.24, 2.45) is 0 Å². The fourth-order valence-electron chi connectivity index (χ4n) is 3.32. The van der Waals surface area contributed by atoms with Gasteiger partial charge in [0.1, 0.15) is 11.8 Å². The highest BCUT2D eigenvalue weighted by atomic mass is 16.3. The molecule has 0 saturated carbocycles. The summed E-state index contributed by atoms with van der Waals surface area (Å²) in [5, 5.41) is 9.68. The van der Waals surface area contributed by atoms with Gasteiger partial charge in [-0.1, -0.05) is 36.4 Å². The van der Waals surface area contributed by atoms with Crippen LogP contribution in [0.4, 0.5) is 5.69 Å². The molecule has 1 saturated heterocycles. The molecule has 0 radical (unpaired) electrons. The largest absolute Gasteiger partial charge is 0.508 e. The molecule has 5 nitrogen and oxygen atoms in total. The van der Waals surface area contributed by atoms with Crippen LogP contribution in [0.15, 0.2) is 54.6 Å². The van der Waals surface area contributed by atoms with E-state index in [-0.39, 0.29) is 17.7 Å². The Kier molecular flexibility index (Phi) is 5.24. The lowest BCUT2D eigenvalue weighted by Crippen LogP contribution is -2.51. The van der Waals surface area contributed by atoms with Crippen LogP contribution in [0.1, 0.15) is 11.6 Å². The fourth-order valence-corrected chi connectivity index (χ4v) is 3.32. The van der Waals surface area contributed by atoms with Gasteiger partial charge in [0.2, 0.25) is 5.91 Å². The highest BCUT2D eigenvalue weighted by molar-refractivity contribution is 5.83. The molecule has 1 aliphatic rings. The minimum absolute atomic E-state index is 0.108. The van der Waals surface area contributed by atoms with Crippen molar-refractivity contribution in [1.29, 1.82) is 0 Å². The number of amides is 1. The van der Waals surface area contributed by atoms with Gasteiger partial charge in [-0.25, -0.2) is 0 Å². The number of rotatable bonds is 4. The van der Waals surface area contributed by atoms with Crippen molar-refractivity contribution in [3.05, 3.63) is 60.2 Å². The van der Waals surface area contributed by atoms with Gasteiger partial charge in [-0.05, 0) is 17.7 Å². The van der Waals surface area contributed by atoms with Gasteiger partial charge in [0, 0.05) is 52.0 Å². The Bertz CT molecular complexity index is 710. The molecular formula is C20H25N3O2. The Morgan fingerprint density at radius 2 is 1.68 bits per heavy atom. The number of piperazine rings is 1. The third-order valence-electron chi connectivity index (χ3n) is 4.66. The lowest BCUT2D eigenvalue weighted by molar-refractivity contribution is -0.134. The van der Waals surface area contributed by atoms with E-state index >= 15 is 0 Å². The average Bonchev–Trinajstić information content (AvgIpc) is 2.63. The van der Waals surface area contributed by atoms with Gasteiger partial charge >= 0.3 is 0 Å². The van der Waals surface area contributed by atoms with Crippen molar-refractivity contribution in [3.63, 3.8) is 0 Å². The first kappa shape index (κ1) is 17.3. The molecule has 2 aromatic rings. The summed E-state index contributed by atoms with van der Waals surface area (Å²) in [7, 11) is 3.61. The van der Waals surface area contributed by atoms with Crippen LogP contribution >= 0.6 is 0 Å². The van der Waals surface area contributed by atoms with Crippen LogP contribution in [-0.2, 0) is 4.79 Å². The number of benzene rings is 2. The summed E-state index contributed by atoms with van der Waals surface area (Å²) in [6.07, 6.45) is 0. The van der Waals surface area contributed by atoms with Crippen molar-refractivity contribution in [3.8, 4) is 5.75 Å². The summed E-state index contributed by atoms with van der Waals surface area (Å²) in [4.78, 5) is 18.9. The molecule has 1 heterocycles. The van der Waals surface area contributed by atoms with Crippen molar-refractivity contribution < 1.29 is 9.90 Å². The molecule has 1 fully saturated rings. The third kappa shape index (κ3) is 3.94. The Morgan fingerprint density at radius 1 is 1.00 bits per heavy atom. The van der Waals surface area contributed by atoms with Gasteiger partial charge in [0.15, 0.2) is 0 Å². The zero-order valence-electron chi connectivity index (χ0n) is 14.8. The first-order valence-electron chi connectivity index (χ1n) is 8.60. The summed E-state index contributed by atoms with van der Waals surface area (Å²) in [6, 6.07) is 17.1. The second-order valence-electron chi connectivity index (χ2n) is 6.59. The van der Waals surface area contributed by atoms with Crippen LogP contribution < -0.4 is 4.90 Å². The number of carbonyl (C=O) groups excluding carboxylic acids is 1. The van der Waals surface area contributed by atoms with E-state index in [9.17, 15) is 9.90 Å². The molecule has 1 N–H and O–H groups in total. The maximum atomic E-state index is 12.8. The second-order valence-corrected chi connectivity index (χ2v) is 6.59. The average molecular weight is 339 g/mol. The van der Waals surface area contributed by atoms with Crippen molar-refractivity contribution in [1.82, 2.24) is 9.80 Å². The molecule has 2 aromatic carbocycles. The maximum absolute atomic E-state index is 12.8. The quantitative estimate of drug-likeness (QED) is 0.929. The lowest BCUT2D eigenvalue weighted by Gasteiger charge is -2.40. The number of aromatic hydroxyl groups is 1. The minimum Gasteiger partial charge on any atom is -0.508 e. The van der Waals surface area contributed by atoms with Gasteiger partial charge in [0.05, 0.1) is 0 Å². The van der Waals surface area contributed by atoms with Gasteiger partial charge in [-0.2, -0.15) is 0 Å². The number of carbonyl (C=O) groups is 1. The van der Waals surface area contributed by atoms with E-state index in [0.717, 1.165) is 37.4 Å². The second kappa shape index (κ2) is 7.57. The van der Waals surface area contributed by atoms with Gasteiger partial charge < -0.3 is 14.9 Å². The Hall–Kier alpha value is -2.53. The predicted octanol–water partition coefficient (Wildman–Crippen LogP) is 2.34. The van der Waals surface area contributed by atoms with Crippen LogP contribution in [0.25, 0.3) is 0 Å². The van der Waals surface area contributed by atoms with Crippen LogP contribution in [0.3, 0.4) is 0 Å². The van der Waals surface area contributed by atoms with Crippen LogP contribution in [-0.4, -0.2) is 61.1 Å². The zero-order valence-corrected chi connectivity index (χ0v) is 14.8. The van der Waals surface area contributed by atoms with Gasteiger partial charge in [-0.3, -0.25) is 9.69 Å². The fraction of sp³-hybridized carbons (Fsp3) is 0.350. The normalized spacial score (nSPS) is 16.5. The standard InChI is InChI=1S/C20H25N3O2/c1-21(2)20(25)19(16-7-4-3-5-8-16)23-13-11-22(12-14-23)17-9-6-10-18(24)15-17/h3-10,15,19,24H,11-14H2,1-2H3. The molecule has 25 heavy (non-hydrogen) atoms. The molecular weight excluding hydrogens is 314 g/mol. The molecule has 132 valence electrons. The third-order valence-corrected chi connectivity index (χ3v) is 4.66. The summed E-state index contributed by atoms with van der Waals surface area (Å²) in [5.74, 6) is 0.391. The molecule has 0 bridgehead atoms. The summed E-state index contributed by atoms with van der Waals surface area (Å²) < 4.78 is 0. The number of nitrogens with zero attached hydrogens (tertiary/aromatic N) is 3. The Labute approximate surface area is 149 Å². The monoisotopic (exact) mass is 339 g/mol. The van der Waals surface area contributed by atoms with E-state index in [2.05, 4.69) is 9.80 Å². The zero-order chi connectivity index (χ0) is 17.8. The van der Waals surface area contributed by atoms with Crippen LogP contribution in [0.5, 0.6) is 5.75 Å². The molecule has 0 spiro atoms. The van der Waals surface area contributed by atoms with Gasteiger partial charge in [0.25, 0.3) is 0 Å². The Morgan fingerprint density at radius 3 is 2.28 bits per heavy atom. The molecule has 5 heteroatoms. The summed E-state index contributed by atoms with van der Waals surface area (Å²) in [5.41, 5.74) is 2.06. The number of anilines is 1. The van der Waals surface area contributed by atoms with E-state index in [1.807, 2.05) is 42.5 Å². The molecule has 1 atom stereocenters. The number of phenolic OH excluding ortho intramolecular Hbond substituents is 1. The smallest absolute Gasteiger partial charge is 0.244 e. The number of hydrogen-bond donors (Lipinski definition) is 1. The predicted molar refractivity (Wildman–Crippen MR) is 99.8 cm³/mol. The Balaban J connectivity index is 1.75.